The average molecular weight is 253 g/mol. The molecule has 0 saturated carbocycles. The molecule has 2 aliphatic rings. The van der Waals surface area contributed by atoms with Crippen molar-refractivity contribution in [3.63, 3.8) is 0 Å². The minimum atomic E-state index is 0.710. The molecule has 0 radical (unpaired) electrons. The zero-order valence-corrected chi connectivity index (χ0v) is 12.7. The number of piperidine rings is 2. The van der Waals surface area contributed by atoms with Gasteiger partial charge in [0.25, 0.3) is 0 Å². The molecule has 3 nitrogen and oxygen atoms in total. The first-order chi connectivity index (χ1) is 8.67. The van der Waals surface area contributed by atoms with Gasteiger partial charge in [0, 0.05) is 31.2 Å². The molecule has 0 amide bonds. The largest absolute Gasteiger partial charge is 0.317 e. The number of nitrogens with one attached hydrogen (secondary N) is 1. The molecular weight excluding hydrogens is 222 g/mol. The first-order valence-electron chi connectivity index (χ1n) is 7.82. The van der Waals surface area contributed by atoms with E-state index in [9.17, 15) is 0 Å². The van der Waals surface area contributed by atoms with E-state index in [1.54, 1.807) is 0 Å². The van der Waals surface area contributed by atoms with Crippen molar-refractivity contribution in [2.45, 2.75) is 58.2 Å². The summed E-state index contributed by atoms with van der Waals surface area (Å²) >= 11 is 0. The molecule has 4 atom stereocenters. The van der Waals surface area contributed by atoms with Gasteiger partial charge in [-0.1, -0.05) is 13.8 Å². The van der Waals surface area contributed by atoms with Crippen LogP contribution < -0.4 is 5.32 Å². The number of nitrogens with zero attached hydrogens (tertiary/aromatic N) is 2. The van der Waals surface area contributed by atoms with E-state index in [2.05, 4.69) is 42.9 Å². The SMILES string of the molecule is CCN1CCCC(N2CCC(NC)C(C)C2C)C1. The van der Waals surface area contributed by atoms with Gasteiger partial charge in [-0.25, -0.2) is 0 Å². The third kappa shape index (κ3) is 2.89. The van der Waals surface area contributed by atoms with Crippen LogP contribution in [0.15, 0.2) is 0 Å². The molecule has 2 saturated heterocycles. The number of hydrogen-bond acceptors (Lipinski definition) is 3. The topological polar surface area (TPSA) is 18.5 Å². The quantitative estimate of drug-likeness (QED) is 0.827. The summed E-state index contributed by atoms with van der Waals surface area (Å²) in [5, 5.41) is 3.49. The molecule has 1 N–H and O–H groups in total. The van der Waals surface area contributed by atoms with Crippen LogP contribution in [-0.4, -0.2) is 61.2 Å². The molecule has 3 heteroatoms. The number of hydrogen-bond donors (Lipinski definition) is 1. The zero-order chi connectivity index (χ0) is 13.1. The van der Waals surface area contributed by atoms with Gasteiger partial charge in [0.15, 0.2) is 0 Å². The van der Waals surface area contributed by atoms with Gasteiger partial charge in [0.1, 0.15) is 0 Å². The first-order valence-corrected chi connectivity index (χ1v) is 7.82. The van der Waals surface area contributed by atoms with Crippen molar-refractivity contribution < 1.29 is 0 Å². The van der Waals surface area contributed by atoms with Crippen LogP contribution in [0.1, 0.15) is 40.0 Å². The Bertz CT molecular complexity index is 256. The molecule has 18 heavy (non-hydrogen) atoms. The molecule has 0 aromatic heterocycles. The van der Waals surface area contributed by atoms with Crippen molar-refractivity contribution in [2.24, 2.45) is 5.92 Å². The maximum absolute atomic E-state index is 3.49. The lowest BCUT2D eigenvalue weighted by atomic mass is 9.85. The maximum atomic E-state index is 3.49. The Balaban J connectivity index is 1.96. The summed E-state index contributed by atoms with van der Waals surface area (Å²) < 4.78 is 0. The Kier molecular flexibility index (Phi) is 5.05. The average Bonchev–Trinajstić information content (AvgIpc) is 2.42. The van der Waals surface area contributed by atoms with Crippen molar-refractivity contribution in [2.75, 3.05) is 33.2 Å². The van der Waals surface area contributed by atoms with Crippen molar-refractivity contribution in [3.05, 3.63) is 0 Å². The van der Waals surface area contributed by atoms with Crippen molar-refractivity contribution in [1.82, 2.24) is 15.1 Å². The third-order valence-corrected chi connectivity index (χ3v) is 5.38. The van der Waals surface area contributed by atoms with Crippen LogP contribution in [-0.2, 0) is 0 Å². The Labute approximate surface area is 113 Å². The molecule has 2 heterocycles. The van der Waals surface area contributed by atoms with Crippen LogP contribution in [0.25, 0.3) is 0 Å². The van der Waals surface area contributed by atoms with Gasteiger partial charge in [-0.2, -0.15) is 0 Å². The van der Waals surface area contributed by atoms with E-state index in [0.717, 1.165) is 18.0 Å². The lowest BCUT2D eigenvalue weighted by Gasteiger charge is -2.48. The van der Waals surface area contributed by atoms with E-state index in [0.29, 0.717) is 6.04 Å². The summed E-state index contributed by atoms with van der Waals surface area (Å²) in [5.41, 5.74) is 0. The van der Waals surface area contributed by atoms with Crippen LogP contribution >= 0.6 is 0 Å². The molecule has 0 aromatic rings. The highest BCUT2D eigenvalue weighted by Gasteiger charge is 2.36. The second kappa shape index (κ2) is 6.36. The highest BCUT2D eigenvalue weighted by atomic mass is 15.3. The Morgan fingerprint density at radius 3 is 2.61 bits per heavy atom. The molecule has 0 aromatic carbocycles. The first kappa shape index (κ1) is 14.3. The fourth-order valence-electron chi connectivity index (χ4n) is 3.90. The van der Waals surface area contributed by atoms with E-state index in [1.165, 1.54) is 45.4 Å². The summed E-state index contributed by atoms with van der Waals surface area (Å²) in [6.07, 6.45) is 4.09. The van der Waals surface area contributed by atoms with E-state index >= 15 is 0 Å². The van der Waals surface area contributed by atoms with E-state index < -0.39 is 0 Å². The summed E-state index contributed by atoms with van der Waals surface area (Å²) in [6.45, 7) is 12.2. The van der Waals surface area contributed by atoms with Gasteiger partial charge in [0.05, 0.1) is 0 Å². The normalized spacial score (nSPS) is 40.0. The predicted molar refractivity (Wildman–Crippen MR) is 77.9 cm³/mol. The van der Waals surface area contributed by atoms with Gasteiger partial charge < -0.3 is 10.2 Å². The lowest BCUT2D eigenvalue weighted by Crippen LogP contribution is -2.59. The van der Waals surface area contributed by atoms with Crippen molar-refractivity contribution in [3.8, 4) is 0 Å². The molecule has 2 rings (SSSR count). The molecule has 2 fully saturated rings. The minimum Gasteiger partial charge on any atom is -0.317 e. The fraction of sp³-hybridized carbons (Fsp3) is 1.00. The van der Waals surface area contributed by atoms with Crippen molar-refractivity contribution >= 4 is 0 Å². The summed E-state index contributed by atoms with van der Waals surface area (Å²) in [4.78, 5) is 5.41. The van der Waals surface area contributed by atoms with Crippen LogP contribution in [0.3, 0.4) is 0 Å². The molecule has 4 unspecified atom stereocenters. The van der Waals surface area contributed by atoms with Crippen LogP contribution in [0, 0.1) is 5.92 Å². The number of likely N-dealkylation sites (tertiary alicyclic amines) is 2. The van der Waals surface area contributed by atoms with Crippen LogP contribution in [0.4, 0.5) is 0 Å². The molecule has 0 aliphatic carbocycles. The smallest absolute Gasteiger partial charge is 0.0226 e. The Hall–Kier alpha value is -0.120. The highest BCUT2D eigenvalue weighted by Crippen LogP contribution is 2.28. The Morgan fingerprint density at radius 1 is 1.17 bits per heavy atom. The highest BCUT2D eigenvalue weighted by molar-refractivity contribution is 4.92. The van der Waals surface area contributed by atoms with E-state index in [4.69, 9.17) is 0 Å². The van der Waals surface area contributed by atoms with E-state index in [1.807, 2.05) is 0 Å². The van der Waals surface area contributed by atoms with Gasteiger partial charge in [-0.3, -0.25) is 4.90 Å². The second-order valence-corrected chi connectivity index (χ2v) is 6.21. The summed E-state index contributed by atoms with van der Waals surface area (Å²) in [5.74, 6) is 0.765. The molecule has 106 valence electrons. The van der Waals surface area contributed by atoms with E-state index in [-0.39, 0.29) is 0 Å². The van der Waals surface area contributed by atoms with Crippen molar-refractivity contribution in [1.29, 1.82) is 0 Å². The lowest BCUT2D eigenvalue weighted by molar-refractivity contribution is 0.0153. The molecule has 2 aliphatic heterocycles. The molecule has 0 bridgehead atoms. The predicted octanol–water partition coefficient (Wildman–Crippen LogP) is 1.79. The van der Waals surface area contributed by atoms with Gasteiger partial charge in [-0.15, -0.1) is 0 Å². The number of rotatable bonds is 3. The Morgan fingerprint density at radius 2 is 1.94 bits per heavy atom. The van der Waals surface area contributed by atoms with Gasteiger partial charge >= 0.3 is 0 Å². The minimum absolute atomic E-state index is 0.710. The maximum Gasteiger partial charge on any atom is 0.0226 e. The zero-order valence-electron chi connectivity index (χ0n) is 12.7. The van der Waals surface area contributed by atoms with Crippen LogP contribution in [0.5, 0.6) is 0 Å². The third-order valence-electron chi connectivity index (χ3n) is 5.38. The molecular formula is C15H31N3. The molecule has 0 spiro atoms. The second-order valence-electron chi connectivity index (χ2n) is 6.21. The summed E-state index contributed by atoms with van der Waals surface area (Å²) in [6, 6.07) is 2.23. The fourth-order valence-corrected chi connectivity index (χ4v) is 3.90. The summed E-state index contributed by atoms with van der Waals surface area (Å²) in [7, 11) is 2.11. The van der Waals surface area contributed by atoms with Gasteiger partial charge in [-0.05, 0) is 52.2 Å². The number of likely N-dealkylation sites (N-methyl/N-ethyl adjacent to an activating group) is 1. The van der Waals surface area contributed by atoms with Crippen LogP contribution in [0.2, 0.25) is 0 Å². The monoisotopic (exact) mass is 253 g/mol. The standard InChI is InChI=1S/C15H31N3/c1-5-17-9-6-7-14(11-17)18-10-8-15(16-4)12(2)13(18)3/h12-16H,5-11H2,1-4H3. The van der Waals surface area contributed by atoms with Gasteiger partial charge in [0.2, 0.25) is 0 Å².